The highest BCUT2D eigenvalue weighted by atomic mass is 16.3. The van der Waals surface area contributed by atoms with Crippen LogP contribution in [0, 0.1) is 0 Å². The topological polar surface area (TPSA) is 65.7 Å². The van der Waals surface area contributed by atoms with Crippen molar-refractivity contribution in [3.05, 3.63) is 78.0 Å². The molecule has 0 aliphatic rings. The van der Waals surface area contributed by atoms with Gasteiger partial charge in [0.25, 0.3) is 5.91 Å². The van der Waals surface area contributed by atoms with Crippen molar-refractivity contribution in [1.82, 2.24) is 9.47 Å². The molecule has 0 saturated heterocycles. The maximum absolute atomic E-state index is 13.0. The van der Waals surface area contributed by atoms with Gasteiger partial charge in [-0.05, 0) is 42.3 Å². The standard InChI is InChI=1S/C22H24N2O3/c1-3-24(15-21(26)17-10-7-11-18(25)14-17)22(27)20-13-12-19(23(20)2)16-8-5-4-6-9-16/h4-14,21,25-26H,3,15H2,1-2H3/t21-/m0/s1. The maximum Gasteiger partial charge on any atom is 0.270 e. The van der Waals surface area contributed by atoms with Crippen LogP contribution in [0.4, 0.5) is 0 Å². The van der Waals surface area contributed by atoms with Gasteiger partial charge < -0.3 is 19.7 Å². The van der Waals surface area contributed by atoms with Crippen molar-refractivity contribution >= 4 is 5.91 Å². The number of likely N-dealkylation sites (N-methyl/N-ethyl adjacent to an activating group) is 1. The number of aliphatic hydroxyl groups excluding tert-OH is 1. The summed E-state index contributed by atoms with van der Waals surface area (Å²) in [6, 6.07) is 20.1. The molecule has 1 atom stereocenters. The number of hydrogen-bond acceptors (Lipinski definition) is 3. The summed E-state index contributed by atoms with van der Waals surface area (Å²) in [7, 11) is 1.87. The van der Waals surface area contributed by atoms with E-state index < -0.39 is 6.10 Å². The number of aromatic hydroxyl groups is 1. The SMILES string of the molecule is CCN(C[C@H](O)c1cccc(O)c1)C(=O)c1ccc(-c2ccccc2)n1C. The molecule has 3 rings (SSSR count). The lowest BCUT2D eigenvalue weighted by Crippen LogP contribution is -2.35. The van der Waals surface area contributed by atoms with Crippen LogP contribution in [0.3, 0.4) is 0 Å². The van der Waals surface area contributed by atoms with Crippen molar-refractivity contribution in [3.8, 4) is 17.0 Å². The minimum Gasteiger partial charge on any atom is -0.508 e. The predicted molar refractivity (Wildman–Crippen MR) is 105 cm³/mol. The first-order valence-corrected chi connectivity index (χ1v) is 8.98. The molecular weight excluding hydrogens is 340 g/mol. The Balaban J connectivity index is 1.80. The van der Waals surface area contributed by atoms with Crippen LogP contribution >= 0.6 is 0 Å². The van der Waals surface area contributed by atoms with Crippen LogP contribution in [-0.4, -0.2) is 38.7 Å². The third-order valence-electron chi connectivity index (χ3n) is 4.73. The van der Waals surface area contributed by atoms with Gasteiger partial charge >= 0.3 is 0 Å². The molecule has 0 unspecified atom stereocenters. The van der Waals surface area contributed by atoms with Crippen LogP contribution < -0.4 is 0 Å². The van der Waals surface area contributed by atoms with Gasteiger partial charge in [0.15, 0.2) is 0 Å². The van der Waals surface area contributed by atoms with Crippen LogP contribution in [0.15, 0.2) is 66.7 Å². The van der Waals surface area contributed by atoms with Crippen molar-refractivity contribution in [2.24, 2.45) is 7.05 Å². The van der Waals surface area contributed by atoms with E-state index in [-0.39, 0.29) is 18.2 Å². The number of phenols is 1. The molecule has 2 aromatic carbocycles. The fraction of sp³-hybridized carbons (Fsp3) is 0.227. The number of rotatable bonds is 6. The van der Waals surface area contributed by atoms with E-state index in [1.807, 2.05) is 61.0 Å². The molecule has 0 fully saturated rings. The summed E-state index contributed by atoms with van der Waals surface area (Å²) < 4.78 is 1.88. The third-order valence-corrected chi connectivity index (χ3v) is 4.73. The van der Waals surface area contributed by atoms with E-state index in [0.29, 0.717) is 17.8 Å². The molecule has 0 radical (unpaired) electrons. The van der Waals surface area contributed by atoms with Crippen LogP contribution in [0.25, 0.3) is 11.3 Å². The molecular formula is C22H24N2O3. The number of carbonyl (C=O) groups is 1. The normalized spacial score (nSPS) is 12.0. The summed E-state index contributed by atoms with van der Waals surface area (Å²) in [5, 5.41) is 20.1. The highest BCUT2D eigenvalue weighted by Crippen LogP contribution is 2.23. The smallest absolute Gasteiger partial charge is 0.270 e. The Hall–Kier alpha value is -3.05. The second kappa shape index (κ2) is 8.10. The zero-order valence-electron chi connectivity index (χ0n) is 15.5. The Labute approximate surface area is 159 Å². The van der Waals surface area contributed by atoms with Crippen molar-refractivity contribution in [2.45, 2.75) is 13.0 Å². The lowest BCUT2D eigenvalue weighted by molar-refractivity contribution is 0.0626. The molecule has 1 amide bonds. The van der Waals surface area contributed by atoms with Crippen LogP contribution in [0.2, 0.25) is 0 Å². The molecule has 0 bridgehead atoms. The van der Waals surface area contributed by atoms with Gasteiger partial charge in [-0.15, -0.1) is 0 Å². The number of benzene rings is 2. The van der Waals surface area contributed by atoms with E-state index in [4.69, 9.17) is 0 Å². The minimum atomic E-state index is -0.866. The number of aliphatic hydroxyl groups is 1. The molecule has 0 saturated carbocycles. The van der Waals surface area contributed by atoms with Gasteiger partial charge in [-0.2, -0.15) is 0 Å². The summed E-state index contributed by atoms with van der Waals surface area (Å²) in [6.45, 7) is 2.51. The average Bonchev–Trinajstić information content (AvgIpc) is 3.07. The van der Waals surface area contributed by atoms with Gasteiger partial charge in [-0.1, -0.05) is 42.5 Å². The fourth-order valence-electron chi connectivity index (χ4n) is 3.19. The van der Waals surface area contributed by atoms with Gasteiger partial charge in [-0.25, -0.2) is 0 Å². The van der Waals surface area contributed by atoms with E-state index in [1.54, 1.807) is 23.1 Å². The lowest BCUT2D eigenvalue weighted by Gasteiger charge is -2.24. The van der Waals surface area contributed by atoms with Gasteiger partial charge in [-0.3, -0.25) is 4.79 Å². The molecule has 0 aliphatic heterocycles. The molecule has 0 aliphatic carbocycles. The summed E-state index contributed by atoms with van der Waals surface area (Å²) in [5.74, 6) is -0.0442. The highest BCUT2D eigenvalue weighted by Gasteiger charge is 2.22. The second-order valence-corrected chi connectivity index (χ2v) is 6.48. The molecule has 27 heavy (non-hydrogen) atoms. The largest absolute Gasteiger partial charge is 0.508 e. The van der Waals surface area contributed by atoms with E-state index in [1.165, 1.54) is 6.07 Å². The Bertz CT molecular complexity index is 918. The molecule has 0 spiro atoms. The van der Waals surface area contributed by atoms with Crippen LogP contribution in [0.5, 0.6) is 5.75 Å². The number of phenolic OH excluding ortho intramolecular Hbond substituents is 1. The maximum atomic E-state index is 13.0. The van der Waals surface area contributed by atoms with Crippen molar-refractivity contribution in [2.75, 3.05) is 13.1 Å². The molecule has 1 aromatic heterocycles. The number of hydrogen-bond donors (Lipinski definition) is 2. The zero-order chi connectivity index (χ0) is 19.4. The van der Waals surface area contributed by atoms with E-state index in [9.17, 15) is 15.0 Å². The Morgan fingerprint density at radius 2 is 1.81 bits per heavy atom. The second-order valence-electron chi connectivity index (χ2n) is 6.48. The van der Waals surface area contributed by atoms with Gasteiger partial charge in [0.05, 0.1) is 12.6 Å². The molecule has 2 N–H and O–H groups in total. The number of amides is 1. The molecule has 3 aromatic rings. The van der Waals surface area contributed by atoms with E-state index >= 15 is 0 Å². The number of aromatic nitrogens is 1. The van der Waals surface area contributed by atoms with Crippen molar-refractivity contribution in [3.63, 3.8) is 0 Å². The molecule has 5 heteroatoms. The van der Waals surface area contributed by atoms with E-state index in [0.717, 1.165) is 11.3 Å². The Morgan fingerprint density at radius 1 is 1.07 bits per heavy atom. The first-order chi connectivity index (χ1) is 13.0. The molecule has 140 valence electrons. The Morgan fingerprint density at radius 3 is 2.48 bits per heavy atom. The fourth-order valence-corrected chi connectivity index (χ4v) is 3.19. The van der Waals surface area contributed by atoms with Crippen LogP contribution in [0.1, 0.15) is 29.1 Å². The first kappa shape index (κ1) is 18.7. The summed E-state index contributed by atoms with van der Waals surface area (Å²) in [6.07, 6.45) is -0.866. The molecule has 1 heterocycles. The summed E-state index contributed by atoms with van der Waals surface area (Å²) >= 11 is 0. The van der Waals surface area contributed by atoms with Gasteiger partial charge in [0, 0.05) is 19.3 Å². The minimum absolute atomic E-state index is 0.0934. The summed E-state index contributed by atoms with van der Waals surface area (Å²) in [5.41, 5.74) is 3.15. The zero-order valence-corrected chi connectivity index (χ0v) is 15.5. The summed E-state index contributed by atoms with van der Waals surface area (Å²) in [4.78, 5) is 14.6. The van der Waals surface area contributed by atoms with Crippen LogP contribution in [-0.2, 0) is 7.05 Å². The Kier molecular flexibility index (Phi) is 5.62. The first-order valence-electron chi connectivity index (χ1n) is 8.98. The van der Waals surface area contributed by atoms with E-state index in [2.05, 4.69) is 0 Å². The predicted octanol–water partition coefficient (Wildman–Crippen LogP) is 3.59. The lowest BCUT2D eigenvalue weighted by atomic mass is 10.1. The highest BCUT2D eigenvalue weighted by molar-refractivity contribution is 5.94. The third kappa shape index (κ3) is 4.04. The average molecular weight is 364 g/mol. The number of nitrogens with zero attached hydrogens (tertiary/aromatic N) is 2. The van der Waals surface area contributed by atoms with Crippen molar-refractivity contribution in [1.29, 1.82) is 0 Å². The quantitative estimate of drug-likeness (QED) is 0.702. The van der Waals surface area contributed by atoms with Gasteiger partial charge in [0.2, 0.25) is 0 Å². The van der Waals surface area contributed by atoms with Crippen molar-refractivity contribution < 1.29 is 15.0 Å². The molecule has 5 nitrogen and oxygen atoms in total. The van der Waals surface area contributed by atoms with Gasteiger partial charge in [0.1, 0.15) is 11.4 Å². The number of carbonyl (C=O) groups excluding carboxylic acids is 1. The monoisotopic (exact) mass is 364 g/mol.